The number of benzene rings is 2. The number of amides is 1. The van der Waals surface area contributed by atoms with E-state index in [0.717, 1.165) is 44.8 Å². The molecule has 3 aliphatic rings. The van der Waals surface area contributed by atoms with Crippen LogP contribution < -0.4 is 4.90 Å². The minimum Gasteiger partial charge on any atom is -0.369 e. The number of hydrogen-bond donors (Lipinski definition) is 0. The molecule has 158 valence electrons. The highest BCUT2D eigenvalue weighted by Gasteiger charge is 2.33. The van der Waals surface area contributed by atoms with E-state index in [4.69, 9.17) is 0 Å². The van der Waals surface area contributed by atoms with Crippen LogP contribution in [0.25, 0.3) is 0 Å². The standard InChI is InChI=1S/C26H33N3O/c1-20-7-9-21(10-8-20)18-27-13-15-28(16-14-27)24-12-11-22-19-29(26(30)25(22)17-24)23-5-3-2-4-6-23/h7-12,17,23H,2-6,13-16,18-19H2,1H3. The highest BCUT2D eigenvalue weighted by atomic mass is 16.2. The van der Waals surface area contributed by atoms with Gasteiger partial charge in [0.15, 0.2) is 0 Å². The van der Waals surface area contributed by atoms with Crippen LogP contribution in [0.15, 0.2) is 42.5 Å². The Hall–Kier alpha value is -2.33. The Balaban J connectivity index is 1.21. The maximum atomic E-state index is 13.1. The molecule has 0 atom stereocenters. The molecule has 2 aromatic rings. The average molecular weight is 404 g/mol. The van der Waals surface area contributed by atoms with E-state index < -0.39 is 0 Å². The van der Waals surface area contributed by atoms with Crippen LogP contribution in [0.5, 0.6) is 0 Å². The zero-order valence-corrected chi connectivity index (χ0v) is 18.1. The van der Waals surface area contributed by atoms with Gasteiger partial charge in [0.25, 0.3) is 5.91 Å². The summed E-state index contributed by atoms with van der Waals surface area (Å²) in [6.45, 7) is 8.13. The number of anilines is 1. The number of aryl methyl sites for hydroxylation is 1. The topological polar surface area (TPSA) is 26.8 Å². The Morgan fingerprint density at radius 1 is 0.900 bits per heavy atom. The van der Waals surface area contributed by atoms with Crippen LogP contribution in [0.1, 0.15) is 59.2 Å². The van der Waals surface area contributed by atoms with Gasteiger partial charge in [-0.3, -0.25) is 9.69 Å². The molecule has 0 bridgehead atoms. The van der Waals surface area contributed by atoms with Gasteiger partial charge in [0.05, 0.1) is 0 Å². The minimum atomic E-state index is 0.261. The molecule has 2 aromatic carbocycles. The van der Waals surface area contributed by atoms with Crippen molar-refractivity contribution in [3.63, 3.8) is 0 Å². The highest BCUT2D eigenvalue weighted by molar-refractivity contribution is 5.99. The van der Waals surface area contributed by atoms with Gasteiger partial charge in [-0.25, -0.2) is 0 Å². The Labute approximate surface area is 180 Å². The highest BCUT2D eigenvalue weighted by Crippen LogP contribution is 2.33. The molecule has 5 rings (SSSR count). The van der Waals surface area contributed by atoms with E-state index in [1.54, 1.807) is 0 Å². The van der Waals surface area contributed by atoms with Gasteiger partial charge in [0.2, 0.25) is 0 Å². The Bertz CT molecular complexity index is 893. The van der Waals surface area contributed by atoms with Crippen molar-refractivity contribution in [3.8, 4) is 0 Å². The maximum absolute atomic E-state index is 13.1. The van der Waals surface area contributed by atoms with E-state index in [2.05, 4.69) is 64.1 Å². The lowest BCUT2D eigenvalue weighted by atomic mass is 9.94. The normalized spacial score (nSPS) is 20.6. The summed E-state index contributed by atoms with van der Waals surface area (Å²) in [6, 6.07) is 15.9. The van der Waals surface area contributed by atoms with Crippen LogP contribution in [0, 0.1) is 6.92 Å². The van der Waals surface area contributed by atoms with Crippen molar-refractivity contribution < 1.29 is 4.79 Å². The molecular formula is C26H33N3O. The molecule has 1 saturated heterocycles. The summed E-state index contributed by atoms with van der Waals surface area (Å²) in [7, 11) is 0. The first-order chi connectivity index (χ1) is 14.7. The molecule has 0 unspecified atom stereocenters. The molecule has 4 nitrogen and oxygen atoms in total. The summed E-state index contributed by atoms with van der Waals surface area (Å²) in [5, 5.41) is 0. The van der Waals surface area contributed by atoms with Crippen LogP contribution >= 0.6 is 0 Å². The zero-order chi connectivity index (χ0) is 20.5. The second-order valence-corrected chi connectivity index (χ2v) is 9.32. The molecule has 0 aromatic heterocycles. The van der Waals surface area contributed by atoms with Crippen LogP contribution in [0.4, 0.5) is 5.69 Å². The number of nitrogens with zero attached hydrogens (tertiary/aromatic N) is 3. The van der Waals surface area contributed by atoms with Crippen molar-refractivity contribution in [1.29, 1.82) is 0 Å². The van der Waals surface area contributed by atoms with Crippen LogP contribution in [0.2, 0.25) is 0 Å². The third kappa shape index (κ3) is 3.98. The van der Waals surface area contributed by atoms with Gasteiger partial charge in [-0.15, -0.1) is 0 Å². The molecule has 0 radical (unpaired) electrons. The van der Waals surface area contributed by atoms with E-state index in [1.807, 2.05) is 0 Å². The summed E-state index contributed by atoms with van der Waals surface area (Å²) in [5.74, 6) is 0.261. The first kappa shape index (κ1) is 19.6. The number of hydrogen-bond acceptors (Lipinski definition) is 3. The molecule has 30 heavy (non-hydrogen) atoms. The van der Waals surface area contributed by atoms with Crippen molar-refractivity contribution in [2.45, 2.75) is 58.2 Å². The predicted molar refractivity (Wildman–Crippen MR) is 122 cm³/mol. The molecule has 0 N–H and O–H groups in total. The summed E-state index contributed by atoms with van der Waals surface area (Å²) in [4.78, 5) is 20.2. The van der Waals surface area contributed by atoms with E-state index in [-0.39, 0.29) is 5.91 Å². The van der Waals surface area contributed by atoms with Gasteiger partial charge in [-0.2, -0.15) is 0 Å². The van der Waals surface area contributed by atoms with Crippen molar-refractivity contribution in [1.82, 2.24) is 9.80 Å². The largest absolute Gasteiger partial charge is 0.369 e. The smallest absolute Gasteiger partial charge is 0.254 e. The Morgan fingerprint density at radius 3 is 2.37 bits per heavy atom. The third-order valence-corrected chi connectivity index (χ3v) is 7.21. The second-order valence-electron chi connectivity index (χ2n) is 9.32. The van der Waals surface area contributed by atoms with Gasteiger partial charge < -0.3 is 9.80 Å². The maximum Gasteiger partial charge on any atom is 0.254 e. The summed E-state index contributed by atoms with van der Waals surface area (Å²) in [6.07, 6.45) is 6.21. The molecule has 1 amide bonds. The molecule has 2 heterocycles. The monoisotopic (exact) mass is 403 g/mol. The molecule has 1 aliphatic carbocycles. The number of carbonyl (C=O) groups excluding carboxylic acids is 1. The third-order valence-electron chi connectivity index (χ3n) is 7.21. The SMILES string of the molecule is Cc1ccc(CN2CCN(c3ccc4c(c3)C(=O)N(C3CCCCC3)C4)CC2)cc1. The van der Waals surface area contributed by atoms with Crippen molar-refractivity contribution in [2.75, 3.05) is 31.1 Å². The number of carbonyl (C=O) groups is 1. The first-order valence-electron chi connectivity index (χ1n) is 11.6. The van der Waals surface area contributed by atoms with E-state index >= 15 is 0 Å². The first-order valence-corrected chi connectivity index (χ1v) is 11.6. The fourth-order valence-corrected chi connectivity index (χ4v) is 5.31. The molecular weight excluding hydrogens is 370 g/mol. The predicted octanol–water partition coefficient (Wildman–Crippen LogP) is 4.61. The van der Waals surface area contributed by atoms with Gasteiger partial charge in [0, 0.05) is 56.6 Å². The second kappa shape index (κ2) is 8.43. The molecule has 4 heteroatoms. The van der Waals surface area contributed by atoms with E-state index in [9.17, 15) is 4.79 Å². The molecule has 2 fully saturated rings. The van der Waals surface area contributed by atoms with Gasteiger partial charge in [0.1, 0.15) is 0 Å². The quantitative estimate of drug-likeness (QED) is 0.746. The number of rotatable bonds is 4. The number of piperazine rings is 1. The zero-order valence-electron chi connectivity index (χ0n) is 18.1. The summed E-state index contributed by atoms with van der Waals surface area (Å²) >= 11 is 0. The molecule has 2 aliphatic heterocycles. The van der Waals surface area contributed by atoms with Crippen LogP contribution in [-0.4, -0.2) is 47.9 Å². The average Bonchev–Trinajstić information content (AvgIpc) is 3.12. The van der Waals surface area contributed by atoms with Gasteiger partial charge in [-0.05, 0) is 43.0 Å². The fraction of sp³-hybridized carbons (Fsp3) is 0.500. The van der Waals surface area contributed by atoms with Crippen molar-refractivity contribution >= 4 is 11.6 Å². The Kier molecular flexibility index (Phi) is 5.51. The van der Waals surface area contributed by atoms with Gasteiger partial charge in [-0.1, -0.05) is 55.2 Å². The van der Waals surface area contributed by atoms with Gasteiger partial charge >= 0.3 is 0 Å². The van der Waals surface area contributed by atoms with Crippen LogP contribution in [-0.2, 0) is 13.1 Å². The summed E-state index contributed by atoms with van der Waals surface area (Å²) < 4.78 is 0. The number of fused-ring (bicyclic) bond motifs is 1. The lowest BCUT2D eigenvalue weighted by Gasteiger charge is -2.36. The minimum absolute atomic E-state index is 0.261. The fourth-order valence-electron chi connectivity index (χ4n) is 5.31. The lowest BCUT2D eigenvalue weighted by Crippen LogP contribution is -2.46. The van der Waals surface area contributed by atoms with E-state index in [0.29, 0.717) is 6.04 Å². The Morgan fingerprint density at radius 2 is 1.63 bits per heavy atom. The van der Waals surface area contributed by atoms with Crippen molar-refractivity contribution in [3.05, 3.63) is 64.7 Å². The molecule has 0 spiro atoms. The lowest BCUT2D eigenvalue weighted by molar-refractivity contribution is 0.0660. The van der Waals surface area contributed by atoms with Crippen LogP contribution in [0.3, 0.4) is 0 Å². The molecule has 1 saturated carbocycles. The summed E-state index contributed by atoms with van der Waals surface area (Å²) in [5.41, 5.74) is 6.08. The van der Waals surface area contributed by atoms with Crippen molar-refractivity contribution in [2.24, 2.45) is 0 Å². The van der Waals surface area contributed by atoms with E-state index in [1.165, 1.54) is 54.5 Å².